The van der Waals surface area contributed by atoms with Crippen LogP contribution in [0.5, 0.6) is 0 Å². The molecule has 0 aliphatic carbocycles. The van der Waals surface area contributed by atoms with Gasteiger partial charge in [-0.2, -0.15) is 0 Å². The van der Waals surface area contributed by atoms with E-state index in [2.05, 4.69) is 4.98 Å². The molecule has 0 saturated carbocycles. The normalized spacial score (nSPS) is 17.0. The van der Waals surface area contributed by atoms with Gasteiger partial charge in [0.05, 0.1) is 17.1 Å². The van der Waals surface area contributed by atoms with Crippen LogP contribution < -0.4 is 0 Å². The first kappa shape index (κ1) is 17.2. The minimum absolute atomic E-state index is 0.0316. The Balaban J connectivity index is 1.91. The quantitative estimate of drug-likeness (QED) is 0.656. The molecule has 134 valence electrons. The topological polar surface area (TPSA) is 67.3 Å². The lowest BCUT2D eigenvalue weighted by Crippen LogP contribution is -2.38. The number of aromatic nitrogens is 1. The molecule has 0 amide bonds. The van der Waals surface area contributed by atoms with E-state index >= 15 is 0 Å². The van der Waals surface area contributed by atoms with Gasteiger partial charge in [0.25, 0.3) is 10.0 Å². The lowest BCUT2D eigenvalue weighted by atomic mass is 10.1. The summed E-state index contributed by atoms with van der Waals surface area (Å²) in [6.45, 7) is 0.0713. The van der Waals surface area contributed by atoms with Crippen molar-refractivity contribution in [1.29, 1.82) is 0 Å². The van der Waals surface area contributed by atoms with Gasteiger partial charge in [0.1, 0.15) is 5.70 Å². The van der Waals surface area contributed by atoms with Gasteiger partial charge in [0.2, 0.25) is 5.78 Å². The summed E-state index contributed by atoms with van der Waals surface area (Å²) in [4.78, 5) is 17.3. The molecule has 2 aromatic carbocycles. The molecule has 1 aliphatic rings. The fraction of sp³-hybridized carbons (Fsp3) is 0.0476. The average Bonchev–Trinajstić information content (AvgIpc) is 2.71. The Hall–Kier alpha value is -3.25. The Labute approximate surface area is 157 Å². The summed E-state index contributed by atoms with van der Waals surface area (Å²) in [5.74, 6) is -0.331. The van der Waals surface area contributed by atoms with Crippen LogP contribution in [0.3, 0.4) is 0 Å². The standard InChI is InChI=1S/C21H16N2O3S/c24-21-18-11-4-5-12-20(18)27(25,26)23(15-16-8-2-1-3-9-16)19(21)14-17-10-6-7-13-22-17/h1-14H,15H2/b19-14+. The Bertz CT molecular complexity index is 1120. The number of hydrogen-bond donors (Lipinski definition) is 0. The maximum absolute atomic E-state index is 13.3. The van der Waals surface area contributed by atoms with Crippen LogP contribution in [0.2, 0.25) is 0 Å². The predicted octanol–water partition coefficient (Wildman–Crippen LogP) is 3.51. The molecule has 6 heteroatoms. The molecule has 3 aromatic rings. The number of fused-ring (bicyclic) bond motifs is 1. The smallest absolute Gasteiger partial charge is 0.265 e. The fourth-order valence-corrected chi connectivity index (χ4v) is 4.68. The van der Waals surface area contributed by atoms with Gasteiger partial charge >= 0.3 is 0 Å². The van der Waals surface area contributed by atoms with Crippen molar-refractivity contribution in [2.24, 2.45) is 0 Å². The van der Waals surface area contributed by atoms with E-state index in [-0.39, 0.29) is 28.5 Å². The van der Waals surface area contributed by atoms with Crippen molar-refractivity contribution in [1.82, 2.24) is 9.29 Å². The number of pyridine rings is 1. The van der Waals surface area contributed by atoms with Gasteiger partial charge in [-0.3, -0.25) is 14.1 Å². The Morgan fingerprint density at radius 3 is 2.33 bits per heavy atom. The van der Waals surface area contributed by atoms with Crippen LogP contribution in [0, 0.1) is 0 Å². The summed E-state index contributed by atoms with van der Waals surface area (Å²) in [5, 5.41) is 0. The summed E-state index contributed by atoms with van der Waals surface area (Å²) < 4.78 is 27.7. The van der Waals surface area contributed by atoms with Crippen LogP contribution >= 0.6 is 0 Å². The highest BCUT2D eigenvalue weighted by molar-refractivity contribution is 7.89. The van der Waals surface area contributed by atoms with Crippen LogP contribution in [-0.2, 0) is 16.6 Å². The molecule has 0 N–H and O–H groups in total. The van der Waals surface area contributed by atoms with Gasteiger partial charge in [-0.1, -0.05) is 48.5 Å². The number of Topliss-reactive ketones (excluding diaryl/α,β-unsaturated/α-hetero) is 1. The third-order valence-corrected chi connectivity index (χ3v) is 6.16. The second-order valence-corrected chi connectivity index (χ2v) is 7.94. The largest absolute Gasteiger partial charge is 0.287 e. The number of carbonyl (C=O) groups is 1. The molecular weight excluding hydrogens is 360 g/mol. The molecule has 2 heterocycles. The van der Waals surface area contributed by atoms with Gasteiger partial charge in [-0.15, -0.1) is 0 Å². The molecule has 0 saturated heterocycles. The first-order chi connectivity index (χ1) is 13.1. The molecule has 0 bridgehead atoms. The molecule has 0 radical (unpaired) electrons. The van der Waals surface area contributed by atoms with E-state index in [4.69, 9.17) is 0 Å². The molecule has 0 unspecified atom stereocenters. The Morgan fingerprint density at radius 2 is 1.59 bits per heavy atom. The first-order valence-electron chi connectivity index (χ1n) is 8.40. The van der Waals surface area contributed by atoms with E-state index in [0.29, 0.717) is 5.69 Å². The van der Waals surface area contributed by atoms with E-state index < -0.39 is 10.0 Å². The van der Waals surface area contributed by atoms with E-state index in [0.717, 1.165) is 5.56 Å². The van der Waals surface area contributed by atoms with E-state index in [1.54, 1.807) is 42.6 Å². The molecule has 4 rings (SSSR count). The number of hydrogen-bond acceptors (Lipinski definition) is 4. The van der Waals surface area contributed by atoms with Gasteiger partial charge in [-0.25, -0.2) is 8.42 Å². The summed E-state index contributed by atoms with van der Waals surface area (Å²) in [5.41, 5.74) is 1.59. The number of carbonyl (C=O) groups excluding carboxylic acids is 1. The van der Waals surface area contributed by atoms with Gasteiger partial charge in [-0.05, 0) is 35.9 Å². The van der Waals surface area contributed by atoms with Crippen LogP contribution in [-0.4, -0.2) is 23.5 Å². The number of sulfonamides is 1. The molecular formula is C21H16N2O3S. The fourth-order valence-electron chi connectivity index (χ4n) is 3.04. The van der Waals surface area contributed by atoms with E-state index in [1.807, 2.05) is 30.3 Å². The van der Waals surface area contributed by atoms with Crippen LogP contribution in [0.1, 0.15) is 21.6 Å². The highest BCUT2D eigenvalue weighted by Gasteiger charge is 2.39. The number of allylic oxidation sites excluding steroid dienone is 1. The van der Waals surface area contributed by atoms with Gasteiger partial charge in [0.15, 0.2) is 0 Å². The minimum atomic E-state index is -3.87. The van der Waals surface area contributed by atoms with E-state index in [1.165, 1.54) is 16.4 Å². The Kier molecular flexibility index (Phi) is 4.33. The molecule has 1 aliphatic heterocycles. The summed E-state index contributed by atoms with van der Waals surface area (Å²) in [7, 11) is -3.87. The number of rotatable bonds is 3. The van der Waals surface area contributed by atoms with Crippen molar-refractivity contribution >= 4 is 21.9 Å². The number of benzene rings is 2. The van der Waals surface area contributed by atoms with Crippen LogP contribution in [0.15, 0.2) is 89.6 Å². The van der Waals surface area contributed by atoms with Crippen LogP contribution in [0.4, 0.5) is 0 Å². The van der Waals surface area contributed by atoms with Crippen molar-refractivity contribution in [2.45, 2.75) is 11.4 Å². The zero-order chi connectivity index (χ0) is 18.9. The van der Waals surface area contributed by atoms with Gasteiger partial charge in [0, 0.05) is 11.8 Å². The predicted molar refractivity (Wildman–Crippen MR) is 102 cm³/mol. The maximum Gasteiger partial charge on any atom is 0.265 e. The van der Waals surface area contributed by atoms with Crippen molar-refractivity contribution < 1.29 is 13.2 Å². The zero-order valence-electron chi connectivity index (χ0n) is 14.3. The van der Waals surface area contributed by atoms with Crippen LogP contribution in [0.25, 0.3) is 6.08 Å². The zero-order valence-corrected chi connectivity index (χ0v) is 15.1. The highest BCUT2D eigenvalue weighted by atomic mass is 32.2. The molecule has 0 fully saturated rings. The highest BCUT2D eigenvalue weighted by Crippen LogP contribution is 2.34. The molecule has 0 spiro atoms. The van der Waals surface area contributed by atoms with Crippen molar-refractivity contribution in [2.75, 3.05) is 0 Å². The molecule has 0 atom stereocenters. The SMILES string of the molecule is O=C1/C(=C\c2ccccn2)N(Cc2ccccc2)S(=O)(=O)c2ccccc21. The maximum atomic E-state index is 13.3. The Morgan fingerprint density at radius 1 is 0.889 bits per heavy atom. The second-order valence-electron chi connectivity index (χ2n) is 6.11. The number of nitrogens with zero attached hydrogens (tertiary/aromatic N) is 2. The first-order valence-corrected chi connectivity index (χ1v) is 9.84. The minimum Gasteiger partial charge on any atom is -0.287 e. The third kappa shape index (κ3) is 3.15. The lowest BCUT2D eigenvalue weighted by Gasteiger charge is -2.31. The lowest BCUT2D eigenvalue weighted by molar-refractivity contribution is 0.100. The molecule has 27 heavy (non-hydrogen) atoms. The summed E-state index contributed by atoms with van der Waals surface area (Å²) >= 11 is 0. The molecule has 5 nitrogen and oxygen atoms in total. The monoisotopic (exact) mass is 376 g/mol. The second kappa shape index (κ2) is 6.81. The summed E-state index contributed by atoms with van der Waals surface area (Å²) in [6, 6.07) is 20.8. The third-order valence-electron chi connectivity index (χ3n) is 4.34. The van der Waals surface area contributed by atoms with E-state index in [9.17, 15) is 13.2 Å². The molecule has 1 aromatic heterocycles. The average molecular weight is 376 g/mol. The van der Waals surface area contributed by atoms with Crippen molar-refractivity contribution in [3.63, 3.8) is 0 Å². The number of ketones is 1. The van der Waals surface area contributed by atoms with Gasteiger partial charge < -0.3 is 0 Å². The van der Waals surface area contributed by atoms with Crippen molar-refractivity contribution in [3.05, 3.63) is 102 Å². The summed E-state index contributed by atoms with van der Waals surface area (Å²) in [6.07, 6.45) is 3.13. The van der Waals surface area contributed by atoms with Crippen molar-refractivity contribution in [3.8, 4) is 0 Å².